The standard InChI is InChI=1S/C22H18FN7O/c23-17-10-8-15(9-11-17)21-25-20(31-29-21)7-4-14-24-18-12-13-19-26-27-22(30(19)28-18)16-5-2-1-3-6-16/h1-3,5-6,8-13H,4,7,14H2,(H,24,28). The Hall–Kier alpha value is -4.14. The first-order chi connectivity index (χ1) is 15.3. The third-order valence-electron chi connectivity index (χ3n) is 4.74. The fraction of sp³-hybridized carbons (Fsp3) is 0.136. The Bertz CT molecular complexity index is 1300. The maximum atomic E-state index is 13.0. The lowest BCUT2D eigenvalue weighted by Crippen LogP contribution is -2.07. The van der Waals surface area contributed by atoms with Crippen LogP contribution < -0.4 is 5.32 Å². The van der Waals surface area contributed by atoms with Crippen molar-refractivity contribution < 1.29 is 8.91 Å². The topological polar surface area (TPSA) is 94.0 Å². The lowest BCUT2D eigenvalue weighted by Gasteiger charge is -2.05. The summed E-state index contributed by atoms with van der Waals surface area (Å²) in [6.07, 6.45) is 1.39. The Morgan fingerprint density at radius 3 is 2.58 bits per heavy atom. The number of hydrogen-bond donors (Lipinski definition) is 1. The molecule has 5 rings (SSSR count). The van der Waals surface area contributed by atoms with E-state index in [-0.39, 0.29) is 5.82 Å². The fourth-order valence-corrected chi connectivity index (χ4v) is 3.18. The van der Waals surface area contributed by atoms with Gasteiger partial charge in [-0.15, -0.1) is 15.3 Å². The Kier molecular flexibility index (Phi) is 5.05. The number of nitrogens with zero attached hydrogens (tertiary/aromatic N) is 6. The van der Waals surface area contributed by atoms with E-state index >= 15 is 0 Å². The Morgan fingerprint density at radius 1 is 0.903 bits per heavy atom. The lowest BCUT2D eigenvalue weighted by atomic mass is 10.2. The van der Waals surface area contributed by atoms with Crippen LogP contribution in [0.15, 0.2) is 71.3 Å². The third kappa shape index (κ3) is 4.11. The molecule has 0 fully saturated rings. The second-order valence-corrected chi connectivity index (χ2v) is 6.93. The molecule has 0 saturated carbocycles. The number of aryl methyl sites for hydroxylation is 1. The highest BCUT2D eigenvalue weighted by atomic mass is 19.1. The van der Waals surface area contributed by atoms with Gasteiger partial charge in [0.25, 0.3) is 0 Å². The number of halogens is 1. The highest BCUT2D eigenvalue weighted by Crippen LogP contribution is 2.19. The number of fused-ring (bicyclic) bond motifs is 1. The number of hydrogen-bond acceptors (Lipinski definition) is 7. The van der Waals surface area contributed by atoms with E-state index in [1.807, 2.05) is 42.5 Å². The molecule has 154 valence electrons. The Balaban J connectivity index is 1.20. The van der Waals surface area contributed by atoms with Crippen molar-refractivity contribution in [2.45, 2.75) is 12.8 Å². The van der Waals surface area contributed by atoms with Gasteiger partial charge in [0.1, 0.15) is 11.6 Å². The molecule has 0 aliphatic carbocycles. The van der Waals surface area contributed by atoms with Crippen molar-refractivity contribution in [1.29, 1.82) is 0 Å². The van der Waals surface area contributed by atoms with Gasteiger partial charge in [-0.05, 0) is 42.8 Å². The summed E-state index contributed by atoms with van der Waals surface area (Å²) in [5.41, 5.74) is 2.35. The van der Waals surface area contributed by atoms with E-state index in [0.29, 0.717) is 36.2 Å². The molecule has 0 saturated heterocycles. The zero-order chi connectivity index (χ0) is 21.0. The molecule has 0 bridgehead atoms. The largest absolute Gasteiger partial charge is 0.369 e. The quantitative estimate of drug-likeness (QED) is 0.401. The minimum Gasteiger partial charge on any atom is -0.369 e. The molecule has 2 aromatic carbocycles. The summed E-state index contributed by atoms with van der Waals surface area (Å²) < 4.78 is 20.1. The van der Waals surface area contributed by atoms with Crippen LogP contribution in [-0.4, -0.2) is 36.5 Å². The van der Waals surface area contributed by atoms with Gasteiger partial charge >= 0.3 is 0 Å². The third-order valence-corrected chi connectivity index (χ3v) is 4.74. The van der Waals surface area contributed by atoms with E-state index < -0.39 is 0 Å². The summed E-state index contributed by atoms with van der Waals surface area (Å²) in [5, 5.41) is 20.3. The van der Waals surface area contributed by atoms with Crippen molar-refractivity contribution >= 4 is 11.5 Å². The van der Waals surface area contributed by atoms with Crippen LogP contribution in [0.1, 0.15) is 12.3 Å². The lowest BCUT2D eigenvalue weighted by molar-refractivity contribution is 0.377. The molecule has 0 unspecified atom stereocenters. The van der Waals surface area contributed by atoms with Crippen LogP contribution >= 0.6 is 0 Å². The van der Waals surface area contributed by atoms with Gasteiger partial charge in [-0.25, -0.2) is 4.39 Å². The van der Waals surface area contributed by atoms with E-state index in [0.717, 1.165) is 23.4 Å². The van der Waals surface area contributed by atoms with Crippen molar-refractivity contribution in [2.75, 3.05) is 11.9 Å². The monoisotopic (exact) mass is 415 g/mol. The van der Waals surface area contributed by atoms with Crippen LogP contribution in [0, 0.1) is 5.82 Å². The van der Waals surface area contributed by atoms with Gasteiger partial charge in [-0.3, -0.25) is 0 Å². The average molecular weight is 415 g/mol. The Morgan fingerprint density at radius 2 is 1.74 bits per heavy atom. The maximum Gasteiger partial charge on any atom is 0.227 e. The van der Waals surface area contributed by atoms with Gasteiger partial charge < -0.3 is 9.84 Å². The van der Waals surface area contributed by atoms with Crippen molar-refractivity contribution in [3.05, 3.63) is 78.4 Å². The number of anilines is 1. The first kappa shape index (κ1) is 18.9. The number of rotatable bonds is 7. The first-order valence-corrected chi connectivity index (χ1v) is 9.86. The second-order valence-electron chi connectivity index (χ2n) is 6.93. The van der Waals surface area contributed by atoms with E-state index in [1.165, 1.54) is 12.1 Å². The van der Waals surface area contributed by atoms with Crippen molar-refractivity contribution in [3.8, 4) is 22.8 Å². The first-order valence-electron chi connectivity index (χ1n) is 9.86. The van der Waals surface area contributed by atoms with Gasteiger partial charge in [0.05, 0.1) is 0 Å². The van der Waals surface area contributed by atoms with Gasteiger partial charge in [0.15, 0.2) is 11.5 Å². The summed E-state index contributed by atoms with van der Waals surface area (Å²) in [4.78, 5) is 4.37. The molecule has 5 aromatic rings. The molecule has 1 N–H and O–H groups in total. The smallest absolute Gasteiger partial charge is 0.227 e. The van der Waals surface area contributed by atoms with Crippen LogP contribution in [-0.2, 0) is 6.42 Å². The number of aromatic nitrogens is 6. The Labute approximate surface area is 176 Å². The highest BCUT2D eigenvalue weighted by Gasteiger charge is 2.11. The molecule has 8 nitrogen and oxygen atoms in total. The average Bonchev–Trinajstić information content (AvgIpc) is 3.45. The molecule has 0 spiro atoms. The predicted molar refractivity (Wildman–Crippen MR) is 113 cm³/mol. The molecule has 3 heterocycles. The molecular weight excluding hydrogens is 397 g/mol. The molecule has 0 atom stereocenters. The minimum absolute atomic E-state index is 0.298. The van der Waals surface area contributed by atoms with E-state index in [4.69, 9.17) is 4.52 Å². The van der Waals surface area contributed by atoms with Crippen LogP contribution in [0.3, 0.4) is 0 Å². The molecule has 9 heteroatoms. The van der Waals surface area contributed by atoms with Gasteiger partial charge in [-0.1, -0.05) is 35.5 Å². The molecule has 0 aliphatic rings. The molecule has 0 aliphatic heterocycles. The summed E-state index contributed by atoms with van der Waals surface area (Å²) >= 11 is 0. The minimum atomic E-state index is -0.298. The van der Waals surface area contributed by atoms with Gasteiger partial charge in [0.2, 0.25) is 11.7 Å². The summed E-state index contributed by atoms with van der Waals surface area (Å²) in [5.74, 6) is 2.11. The highest BCUT2D eigenvalue weighted by molar-refractivity contribution is 5.59. The van der Waals surface area contributed by atoms with E-state index in [9.17, 15) is 4.39 Å². The predicted octanol–water partition coefficient (Wildman–Crippen LogP) is 4.03. The number of nitrogens with one attached hydrogen (secondary N) is 1. The number of benzene rings is 2. The SMILES string of the molecule is Fc1ccc(-c2noc(CCCNc3ccc4nnc(-c5ccccc5)n4n3)n2)cc1. The van der Waals surface area contributed by atoms with Crippen LogP contribution in [0.5, 0.6) is 0 Å². The zero-order valence-corrected chi connectivity index (χ0v) is 16.4. The molecule has 31 heavy (non-hydrogen) atoms. The maximum absolute atomic E-state index is 13.0. The molecule has 0 amide bonds. The van der Waals surface area contributed by atoms with Crippen LogP contribution in [0.4, 0.5) is 10.2 Å². The summed E-state index contributed by atoms with van der Waals surface area (Å²) in [6, 6.07) is 19.6. The fourth-order valence-electron chi connectivity index (χ4n) is 3.18. The molecule has 0 radical (unpaired) electrons. The zero-order valence-electron chi connectivity index (χ0n) is 16.4. The van der Waals surface area contributed by atoms with E-state index in [2.05, 4.69) is 30.8 Å². The molecular formula is C22H18FN7O. The van der Waals surface area contributed by atoms with Crippen molar-refractivity contribution in [2.24, 2.45) is 0 Å². The second kappa shape index (κ2) is 8.31. The van der Waals surface area contributed by atoms with Crippen LogP contribution in [0.25, 0.3) is 28.4 Å². The summed E-state index contributed by atoms with van der Waals surface area (Å²) in [6.45, 7) is 0.676. The summed E-state index contributed by atoms with van der Waals surface area (Å²) in [7, 11) is 0. The van der Waals surface area contributed by atoms with Crippen molar-refractivity contribution in [3.63, 3.8) is 0 Å². The van der Waals surface area contributed by atoms with E-state index in [1.54, 1.807) is 16.6 Å². The van der Waals surface area contributed by atoms with Gasteiger partial charge in [-0.2, -0.15) is 9.50 Å². The van der Waals surface area contributed by atoms with Crippen LogP contribution in [0.2, 0.25) is 0 Å². The molecule has 3 aromatic heterocycles. The van der Waals surface area contributed by atoms with Gasteiger partial charge in [0, 0.05) is 24.1 Å². The van der Waals surface area contributed by atoms with Crippen molar-refractivity contribution in [1.82, 2.24) is 30.0 Å². The normalized spacial score (nSPS) is 11.1.